The van der Waals surface area contributed by atoms with Crippen molar-refractivity contribution in [2.75, 3.05) is 0 Å². The molecule has 5 aromatic rings. The second-order valence-corrected chi connectivity index (χ2v) is 8.97. The highest BCUT2D eigenvalue weighted by Gasteiger charge is 2.21. The predicted molar refractivity (Wildman–Crippen MR) is 146 cm³/mol. The summed E-state index contributed by atoms with van der Waals surface area (Å²) in [5.41, 5.74) is 1.84. The molecule has 0 amide bonds. The summed E-state index contributed by atoms with van der Waals surface area (Å²) in [4.78, 5) is 29.5. The van der Waals surface area contributed by atoms with E-state index in [2.05, 4.69) is 26.0 Å². The van der Waals surface area contributed by atoms with Gasteiger partial charge in [0, 0.05) is 21.7 Å². The van der Waals surface area contributed by atoms with Gasteiger partial charge in [0.2, 0.25) is 5.75 Å². The van der Waals surface area contributed by atoms with Crippen molar-refractivity contribution in [3.63, 3.8) is 0 Å². The number of nitro groups is 1. The van der Waals surface area contributed by atoms with Gasteiger partial charge in [-0.1, -0.05) is 88.7 Å². The van der Waals surface area contributed by atoms with E-state index in [4.69, 9.17) is 4.74 Å². The molecule has 0 spiro atoms. The van der Waals surface area contributed by atoms with Crippen LogP contribution in [0.25, 0.3) is 22.3 Å². The molecule has 37 heavy (non-hydrogen) atoms. The summed E-state index contributed by atoms with van der Waals surface area (Å²) in [5, 5.41) is 16.7. The minimum absolute atomic E-state index is 0.0452. The molecule has 0 aliphatic rings. The van der Waals surface area contributed by atoms with E-state index in [0.29, 0.717) is 32.3 Å². The lowest BCUT2D eigenvalue weighted by Crippen LogP contribution is -2.20. The zero-order valence-corrected chi connectivity index (χ0v) is 20.9. The van der Waals surface area contributed by atoms with Crippen LogP contribution in [-0.4, -0.2) is 20.8 Å². The van der Waals surface area contributed by atoms with Crippen molar-refractivity contribution in [1.29, 1.82) is 0 Å². The molecule has 0 fully saturated rings. The number of hydrogen-bond acceptors (Lipinski definition) is 6. The standard InChI is InChI=1S/C28H19BrN4O4/c29-22-15-21(26(25(16-22)33(35)36)37-18-19-9-3-1-4-10-19)17-30-32-27(20-11-5-2-6-12-20)31-24-14-8-7-13-23(24)28(32)34/h1-17H,18H2. The molecule has 0 radical (unpaired) electrons. The molecule has 0 unspecified atom stereocenters. The third-order valence-corrected chi connectivity index (χ3v) is 6.04. The van der Waals surface area contributed by atoms with Crippen LogP contribution in [0.2, 0.25) is 0 Å². The number of nitrogens with zero attached hydrogens (tertiary/aromatic N) is 4. The number of fused-ring (bicyclic) bond motifs is 1. The second kappa shape index (κ2) is 10.5. The van der Waals surface area contributed by atoms with Gasteiger partial charge >= 0.3 is 5.69 Å². The molecule has 9 heteroatoms. The smallest absolute Gasteiger partial charge is 0.312 e. The van der Waals surface area contributed by atoms with Crippen LogP contribution in [0.1, 0.15) is 11.1 Å². The van der Waals surface area contributed by atoms with Gasteiger partial charge in [0.05, 0.1) is 22.0 Å². The maximum absolute atomic E-state index is 13.4. The number of para-hydroxylation sites is 1. The molecule has 0 bridgehead atoms. The minimum Gasteiger partial charge on any atom is -0.481 e. The zero-order valence-electron chi connectivity index (χ0n) is 19.3. The van der Waals surface area contributed by atoms with E-state index in [-0.39, 0.29) is 23.6 Å². The van der Waals surface area contributed by atoms with Gasteiger partial charge in [-0.25, -0.2) is 4.98 Å². The van der Waals surface area contributed by atoms with Gasteiger partial charge in [-0.2, -0.15) is 9.78 Å². The fourth-order valence-corrected chi connectivity index (χ4v) is 4.31. The third kappa shape index (κ3) is 5.17. The Hall–Kier alpha value is -4.63. The number of ether oxygens (including phenoxy) is 1. The van der Waals surface area contributed by atoms with Crippen molar-refractivity contribution in [3.8, 4) is 17.1 Å². The van der Waals surface area contributed by atoms with E-state index in [9.17, 15) is 14.9 Å². The average Bonchev–Trinajstić information content (AvgIpc) is 2.92. The Morgan fingerprint density at radius 2 is 1.65 bits per heavy atom. The summed E-state index contributed by atoms with van der Waals surface area (Å²) < 4.78 is 7.59. The topological polar surface area (TPSA) is 99.6 Å². The molecule has 0 aliphatic heterocycles. The number of halogens is 1. The molecule has 1 heterocycles. The van der Waals surface area contributed by atoms with Crippen LogP contribution in [0.15, 0.2) is 111 Å². The van der Waals surface area contributed by atoms with Crippen molar-refractivity contribution >= 4 is 38.7 Å². The van der Waals surface area contributed by atoms with Crippen molar-refractivity contribution < 1.29 is 9.66 Å². The quantitative estimate of drug-likeness (QED) is 0.135. The van der Waals surface area contributed by atoms with Gasteiger partial charge in [-0.3, -0.25) is 14.9 Å². The Balaban J connectivity index is 1.65. The van der Waals surface area contributed by atoms with Crippen molar-refractivity contribution in [2.24, 2.45) is 5.10 Å². The minimum atomic E-state index is -0.512. The van der Waals surface area contributed by atoms with E-state index < -0.39 is 4.92 Å². The van der Waals surface area contributed by atoms with Crippen molar-refractivity contribution in [3.05, 3.63) is 133 Å². The van der Waals surface area contributed by atoms with Gasteiger partial charge in [0.15, 0.2) is 5.82 Å². The van der Waals surface area contributed by atoms with E-state index in [1.54, 1.807) is 24.3 Å². The fourth-order valence-electron chi connectivity index (χ4n) is 3.84. The Kier molecular flexibility index (Phi) is 6.87. The first-order chi connectivity index (χ1) is 18.0. The summed E-state index contributed by atoms with van der Waals surface area (Å²) >= 11 is 3.33. The molecule has 5 rings (SSSR count). The van der Waals surface area contributed by atoms with E-state index in [1.165, 1.54) is 17.0 Å². The van der Waals surface area contributed by atoms with Gasteiger partial charge in [0.25, 0.3) is 5.56 Å². The maximum Gasteiger partial charge on any atom is 0.312 e. The highest BCUT2D eigenvalue weighted by Crippen LogP contribution is 2.34. The summed E-state index contributed by atoms with van der Waals surface area (Å²) in [5.74, 6) is 0.390. The predicted octanol–water partition coefficient (Wildman–Crippen LogP) is 6.20. The molecule has 0 aliphatic carbocycles. The van der Waals surface area contributed by atoms with Crippen LogP contribution in [0, 0.1) is 10.1 Å². The molecule has 0 atom stereocenters. The van der Waals surface area contributed by atoms with Crippen LogP contribution >= 0.6 is 15.9 Å². The van der Waals surface area contributed by atoms with Crippen LogP contribution < -0.4 is 10.3 Å². The number of hydrogen-bond donors (Lipinski definition) is 0. The summed E-state index contributed by atoms with van der Waals surface area (Å²) in [6.45, 7) is 0.122. The first kappa shape index (κ1) is 24.1. The highest BCUT2D eigenvalue weighted by molar-refractivity contribution is 9.10. The lowest BCUT2D eigenvalue weighted by Gasteiger charge is -2.12. The molecule has 4 aromatic carbocycles. The lowest BCUT2D eigenvalue weighted by atomic mass is 10.1. The summed E-state index contributed by atoms with van der Waals surface area (Å²) in [6, 6.07) is 28.6. The Bertz CT molecular complexity index is 1690. The largest absolute Gasteiger partial charge is 0.481 e. The first-order valence-corrected chi connectivity index (χ1v) is 12.1. The Morgan fingerprint density at radius 3 is 2.38 bits per heavy atom. The lowest BCUT2D eigenvalue weighted by molar-refractivity contribution is -0.386. The number of aromatic nitrogens is 2. The van der Waals surface area contributed by atoms with E-state index >= 15 is 0 Å². The van der Waals surface area contributed by atoms with Crippen LogP contribution in [-0.2, 0) is 6.61 Å². The first-order valence-electron chi connectivity index (χ1n) is 11.3. The normalized spacial score (nSPS) is 11.2. The monoisotopic (exact) mass is 554 g/mol. The molecule has 0 saturated carbocycles. The molecule has 8 nitrogen and oxygen atoms in total. The van der Waals surface area contributed by atoms with Crippen LogP contribution in [0.5, 0.6) is 5.75 Å². The van der Waals surface area contributed by atoms with E-state index in [0.717, 1.165) is 5.56 Å². The van der Waals surface area contributed by atoms with E-state index in [1.807, 2.05) is 66.7 Å². The highest BCUT2D eigenvalue weighted by atomic mass is 79.9. The molecule has 182 valence electrons. The molecular formula is C28H19BrN4O4. The Labute approximate surface area is 219 Å². The fraction of sp³-hybridized carbons (Fsp3) is 0.0357. The van der Waals surface area contributed by atoms with Gasteiger partial charge in [-0.15, -0.1) is 0 Å². The van der Waals surface area contributed by atoms with Crippen LogP contribution in [0.3, 0.4) is 0 Å². The van der Waals surface area contributed by atoms with Gasteiger partial charge in [0.1, 0.15) is 6.61 Å². The summed E-state index contributed by atoms with van der Waals surface area (Å²) in [6.07, 6.45) is 1.38. The maximum atomic E-state index is 13.4. The number of benzene rings is 4. The molecule has 0 saturated heterocycles. The van der Waals surface area contributed by atoms with Gasteiger partial charge < -0.3 is 4.74 Å². The zero-order chi connectivity index (χ0) is 25.8. The van der Waals surface area contributed by atoms with Crippen LogP contribution in [0.4, 0.5) is 5.69 Å². The summed E-state index contributed by atoms with van der Waals surface area (Å²) in [7, 11) is 0. The van der Waals surface area contributed by atoms with Gasteiger partial charge in [-0.05, 0) is 23.8 Å². The molecule has 1 aromatic heterocycles. The Morgan fingerprint density at radius 1 is 0.973 bits per heavy atom. The average molecular weight is 555 g/mol. The molecule has 0 N–H and O–H groups in total. The molecular weight excluding hydrogens is 536 g/mol. The number of rotatable bonds is 7. The second-order valence-electron chi connectivity index (χ2n) is 8.05. The third-order valence-electron chi connectivity index (χ3n) is 5.58. The SMILES string of the molecule is O=c1c2ccccc2nc(-c2ccccc2)n1N=Cc1cc(Br)cc([N+](=O)[O-])c1OCc1ccccc1. The van der Waals surface area contributed by atoms with Crippen molar-refractivity contribution in [2.45, 2.75) is 6.61 Å². The van der Waals surface area contributed by atoms with Crippen molar-refractivity contribution in [1.82, 2.24) is 9.66 Å². The number of nitro benzene ring substituents is 1.